The Morgan fingerprint density at radius 2 is 1.89 bits per heavy atom. The van der Waals surface area contributed by atoms with E-state index in [1.807, 2.05) is 12.1 Å². The molecule has 2 atom stereocenters. The van der Waals surface area contributed by atoms with Gasteiger partial charge in [-0.2, -0.15) is 0 Å². The fourth-order valence-electron chi connectivity index (χ4n) is 2.50. The molecule has 0 saturated carbocycles. The van der Waals surface area contributed by atoms with Crippen molar-refractivity contribution in [2.24, 2.45) is 0 Å². The maximum atomic E-state index is 10.3. The summed E-state index contributed by atoms with van der Waals surface area (Å²) in [6.45, 7) is 6.65. The molecule has 1 saturated heterocycles. The first-order valence-corrected chi connectivity index (χ1v) is 7.14. The third-order valence-corrected chi connectivity index (χ3v) is 3.98. The predicted octanol–water partition coefficient (Wildman–Crippen LogP) is 2.56. The average molecular weight is 263 g/mol. The zero-order valence-electron chi connectivity index (χ0n) is 12.2. The summed E-state index contributed by atoms with van der Waals surface area (Å²) in [5.41, 5.74) is 2.31. The summed E-state index contributed by atoms with van der Waals surface area (Å²) in [5.74, 6) is 0.532. The van der Waals surface area contributed by atoms with Crippen molar-refractivity contribution in [1.82, 2.24) is 4.90 Å². The van der Waals surface area contributed by atoms with Crippen LogP contribution < -0.4 is 0 Å². The van der Waals surface area contributed by atoms with Crippen LogP contribution in [-0.4, -0.2) is 42.9 Å². The number of hydrogen-bond donors (Lipinski definition) is 1. The molecule has 1 N–H and O–H groups in total. The fourth-order valence-corrected chi connectivity index (χ4v) is 2.50. The van der Waals surface area contributed by atoms with Crippen LogP contribution in [0.3, 0.4) is 0 Å². The van der Waals surface area contributed by atoms with E-state index >= 15 is 0 Å². The molecule has 106 valence electrons. The lowest BCUT2D eigenvalue weighted by Gasteiger charge is -2.25. The molecule has 1 fully saturated rings. The highest BCUT2D eigenvalue weighted by atomic mass is 16.5. The Hall–Kier alpha value is -0.900. The van der Waals surface area contributed by atoms with Crippen molar-refractivity contribution >= 4 is 0 Å². The normalized spacial score (nSPS) is 21.3. The molecular weight excluding hydrogens is 238 g/mol. The number of hydrogen-bond acceptors (Lipinski definition) is 3. The van der Waals surface area contributed by atoms with Gasteiger partial charge in [0.15, 0.2) is 0 Å². The molecule has 19 heavy (non-hydrogen) atoms. The van der Waals surface area contributed by atoms with E-state index in [9.17, 15) is 5.11 Å². The maximum Gasteiger partial charge on any atom is 0.0916 e. The fraction of sp³-hybridized carbons (Fsp3) is 0.625. The molecule has 0 amide bonds. The minimum atomic E-state index is -0.424. The van der Waals surface area contributed by atoms with Crippen LogP contribution in [0.4, 0.5) is 0 Å². The van der Waals surface area contributed by atoms with Crippen LogP contribution in [0.25, 0.3) is 0 Å². The van der Waals surface area contributed by atoms with Crippen LogP contribution >= 0.6 is 0 Å². The molecule has 2 rings (SSSR count). The van der Waals surface area contributed by atoms with Crippen LogP contribution in [0.1, 0.15) is 43.4 Å². The first kappa shape index (κ1) is 14.5. The molecule has 0 aromatic heterocycles. The Morgan fingerprint density at radius 1 is 1.26 bits per heavy atom. The lowest BCUT2D eigenvalue weighted by molar-refractivity contribution is 0.0950. The summed E-state index contributed by atoms with van der Waals surface area (Å²) in [4.78, 5) is 2.20. The number of nitrogens with zero attached hydrogens (tertiary/aromatic N) is 1. The number of ether oxygens (including phenoxy) is 1. The quantitative estimate of drug-likeness (QED) is 0.886. The Bertz CT molecular complexity index is 382. The second kappa shape index (κ2) is 6.51. The van der Waals surface area contributed by atoms with Crippen molar-refractivity contribution in [1.29, 1.82) is 0 Å². The second-order valence-corrected chi connectivity index (χ2v) is 5.79. The summed E-state index contributed by atoms with van der Waals surface area (Å²) in [5, 5.41) is 10.3. The third-order valence-electron chi connectivity index (χ3n) is 3.98. The summed E-state index contributed by atoms with van der Waals surface area (Å²) in [7, 11) is 2.06. The smallest absolute Gasteiger partial charge is 0.0916 e. The van der Waals surface area contributed by atoms with Gasteiger partial charge in [0.05, 0.1) is 12.7 Å². The molecular formula is C16H25NO2. The number of aliphatic hydroxyl groups is 1. The van der Waals surface area contributed by atoms with Crippen LogP contribution in [0.5, 0.6) is 0 Å². The lowest BCUT2D eigenvalue weighted by atomic mass is 10.00. The molecule has 0 radical (unpaired) electrons. The zero-order chi connectivity index (χ0) is 13.8. The monoisotopic (exact) mass is 263 g/mol. The van der Waals surface area contributed by atoms with Crippen LogP contribution in [0.15, 0.2) is 24.3 Å². The summed E-state index contributed by atoms with van der Waals surface area (Å²) >= 11 is 0. The maximum absolute atomic E-state index is 10.3. The van der Waals surface area contributed by atoms with Gasteiger partial charge >= 0.3 is 0 Å². The number of rotatable bonds is 5. The van der Waals surface area contributed by atoms with Crippen molar-refractivity contribution in [2.75, 3.05) is 26.8 Å². The van der Waals surface area contributed by atoms with Crippen molar-refractivity contribution in [3.63, 3.8) is 0 Å². The van der Waals surface area contributed by atoms with E-state index in [1.54, 1.807) is 0 Å². The molecule has 2 unspecified atom stereocenters. The van der Waals surface area contributed by atoms with E-state index in [0.717, 1.165) is 25.2 Å². The van der Waals surface area contributed by atoms with E-state index in [4.69, 9.17) is 4.74 Å². The number of likely N-dealkylation sites (N-methyl/N-ethyl adjacent to an activating group) is 1. The van der Waals surface area contributed by atoms with Gasteiger partial charge in [-0.25, -0.2) is 0 Å². The predicted molar refractivity (Wildman–Crippen MR) is 77.3 cm³/mol. The molecule has 1 aromatic carbocycles. The van der Waals surface area contributed by atoms with Gasteiger partial charge in [0.2, 0.25) is 0 Å². The standard InChI is InChI=1S/C16H25NO2/c1-12(2)13-4-6-14(7-5-13)16(18)10-17(3)15-8-9-19-11-15/h4-7,12,15-16,18H,8-11H2,1-3H3. The van der Waals surface area contributed by atoms with Crippen molar-refractivity contribution < 1.29 is 9.84 Å². The van der Waals surface area contributed by atoms with Gasteiger partial charge in [-0.15, -0.1) is 0 Å². The minimum absolute atomic E-state index is 0.424. The zero-order valence-corrected chi connectivity index (χ0v) is 12.2. The molecule has 1 aromatic rings. The Labute approximate surface area is 116 Å². The molecule has 1 aliphatic rings. The lowest BCUT2D eigenvalue weighted by Crippen LogP contribution is -2.35. The molecule has 3 heteroatoms. The van der Waals surface area contributed by atoms with Crippen LogP contribution in [-0.2, 0) is 4.74 Å². The van der Waals surface area contributed by atoms with Gasteiger partial charge in [-0.1, -0.05) is 38.1 Å². The van der Waals surface area contributed by atoms with E-state index in [1.165, 1.54) is 5.56 Å². The van der Waals surface area contributed by atoms with E-state index in [0.29, 0.717) is 18.5 Å². The Kier molecular flexibility index (Phi) is 4.97. The Balaban J connectivity index is 1.93. The minimum Gasteiger partial charge on any atom is -0.387 e. The van der Waals surface area contributed by atoms with Gasteiger partial charge in [0, 0.05) is 19.2 Å². The van der Waals surface area contributed by atoms with E-state index in [2.05, 4.69) is 37.9 Å². The van der Waals surface area contributed by atoms with Gasteiger partial charge in [-0.05, 0) is 30.5 Å². The highest BCUT2D eigenvalue weighted by Crippen LogP contribution is 2.20. The van der Waals surface area contributed by atoms with Crippen molar-refractivity contribution in [2.45, 2.75) is 38.3 Å². The van der Waals surface area contributed by atoms with Gasteiger partial charge in [-0.3, -0.25) is 4.90 Å². The largest absolute Gasteiger partial charge is 0.387 e. The average Bonchev–Trinajstić information content (AvgIpc) is 2.92. The van der Waals surface area contributed by atoms with Crippen molar-refractivity contribution in [3.8, 4) is 0 Å². The summed E-state index contributed by atoms with van der Waals surface area (Å²) in [6.07, 6.45) is 0.641. The molecule has 0 aliphatic carbocycles. The molecule has 1 aliphatic heterocycles. The summed E-state index contributed by atoms with van der Waals surface area (Å²) < 4.78 is 5.38. The highest BCUT2D eigenvalue weighted by Gasteiger charge is 2.22. The first-order chi connectivity index (χ1) is 9.08. The SMILES string of the molecule is CC(C)c1ccc(C(O)CN(C)C2CCOC2)cc1. The molecule has 1 heterocycles. The number of aliphatic hydroxyl groups excluding tert-OH is 1. The van der Waals surface area contributed by atoms with Gasteiger partial charge in [0.25, 0.3) is 0 Å². The van der Waals surface area contributed by atoms with Crippen LogP contribution in [0.2, 0.25) is 0 Å². The van der Waals surface area contributed by atoms with E-state index < -0.39 is 6.10 Å². The third kappa shape index (κ3) is 3.78. The molecule has 0 bridgehead atoms. The van der Waals surface area contributed by atoms with Gasteiger partial charge in [0.1, 0.15) is 0 Å². The first-order valence-electron chi connectivity index (χ1n) is 7.14. The van der Waals surface area contributed by atoms with Crippen LogP contribution in [0, 0.1) is 0 Å². The molecule has 0 spiro atoms. The van der Waals surface area contributed by atoms with Gasteiger partial charge < -0.3 is 9.84 Å². The highest BCUT2D eigenvalue weighted by molar-refractivity contribution is 5.26. The van der Waals surface area contributed by atoms with Crippen molar-refractivity contribution in [3.05, 3.63) is 35.4 Å². The second-order valence-electron chi connectivity index (χ2n) is 5.79. The Morgan fingerprint density at radius 3 is 2.42 bits per heavy atom. The van der Waals surface area contributed by atoms with E-state index in [-0.39, 0.29) is 0 Å². The molecule has 3 nitrogen and oxygen atoms in total. The number of benzene rings is 1. The topological polar surface area (TPSA) is 32.7 Å². The summed E-state index contributed by atoms with van der Waals surface area (Å²) in [6, 6.07) is 8.76.